The van der Waals surface area contributed by atoms with Gasteiger partial charge in [-0.3, -0.25) is 9.48 Å². The van der Waals surface area contributed by atoms with Crippen LogP contribution >= 0.6 is 0 Å². The third-order valence-electron chi connectivity index (χ3n) is 1.91. The van der Waals surface area contributed by atoms with Crippen molar-refractivity contribution in [2.75, 3.05) is 19.8 Å². The predicted octanol–water partition coefficient (Wildman–Crippen LogP) is 0.577. The van der Waals surface area contributed by atoms with Gasteiger partial charge in [0.15, 0.2) is 0 Å². The minimum Gasteiger partial charge on any atom is -0.396 e. The van der Waals surface area contributed by atoms with Gasteiger partial charge in [0, 0.05) is 20.6 Å². The lowest BCUT2D eigenvalue weighted by molar-refractivity contribution is 0.0816. The maximum atomic E-state index is 11.7. The molecule has 2 N–H and O–H groups in total. The van der Waals surface area contributed by atoms with Crippen molar-refractivity contribution in [3.05, 3.63) is 11.9 Å². The van der Waals surface area contributed by atoms with E-state index in [4.69, 9.17) is 5.73 Å². The van der Waals surface area contributed by atoms with Crippen molar-refractivity contribution in [1.29, 1.82) is 0 Å². The molecule has 1 aromatic heterocycles. The molecular formula is C9H16N4O. The fourth-order valence-electron chi connectivity index (χ4n) is 1.23. The number of hydrogen-bond donors (Lipinski definition) is 1. The number of nitrogen functional groups attached to an aromatic ring is 1. The van der Waals surface area contributed by atoms with Crippen LogP contribution in [-0.4, -0.2) is 34.7 Å². The summed E-state index contributed by atoms with van der Waals surface area (Å²) < 4.78 is 1.65. The van der Waals surface area contributed by atoms with Crippen LogP contribution in [0.4, 0.5) is 5.69 Å². The Kier molecular flexibility index (Phi) is 3.11. The van der Waals surface area contributed by atoms with Crippen LogP contribution in [0.25, 0.3) is 0 Å². The van der Waals surface area contributed by atoms with Crippen LogP contribution in [0, 0.1) is 0 Å². The number of aryl methyl sites for hydroxylation is 1. The molecule has 0 aromatic carbocycles. The lowest BCUT2D eigenvalue weighted by Crippen LogP contribution is -2.26. The summed E-state index contributed by atoms with van der Waals surface area (Å²) in [6.45, 7) is 2.74. The second kappa shape index (κ2) is 4.13. The molecule has 0 saturated heterocycles. The largest absolute Gasteiger partial charge is 0.396 e. The lowest BCUT2D eigenvalue weighted by Gasteiger charge is -2.12. The van der Waals surface area contributed by atoms with Gasteiger partial charge in [-0.25, -0.2) is 0 Å². The zero-order chi connectivity index (χ0) is 10.7. The van der Waals surface area contributed by atoms with Crippen LogP contribution in [0.15, 0.2) is 6.20 Å². The molecule has 1 aromatic rings. The molecule has 0 fully saturated rings. The Labute approximate surface area is 83.5 Å². The van der Waals surface area contributed by atoms with Crippen molar-refractivity contribution < 1.29 is 4.79 Å². The monoisotopic (exact) mass is 196 g/mol. The van der Waals surface area contributed by atoms with Gasteiger partial charge in [0.1, 0.15) is 5.69 Å². The molecule has 1 rings (SSSR count). The van der Waals surface area contributed by atoms with Crippen molar-refractivity contribution in [1.82, 2.24) is 14.7 Å². The first-order valence-corrected chi connectivity index (χ1v) is 4.60. The number of rotatable bonds is 3. The number of carbonyl (C=O) groups is 1. The zero-order valence-corrected chi connectivity index (χ0v) is 8.82. The van der Waals surface area contributed by atoms with E-state index in [2.05, 4.69) is 5.10 Å². The second-order valence-corrected chi connectivity index (χ2v) is 3.37. The van der Waals surface area contributed by atoms with Crippen LogP contribution in [0.5, 0.6) is 0 Å². The van der Waals surface area contributed by atoms with Crippen molar-refractivity contribution in [3.63, 3.8) is 0 Å². The first-order valence-electron chi connectivity index (χ1n) is 4.60. The molecule has 0 bridgehead atoms. The van der Waals surface area contributed by atoms with Gasteiger partial charge in [0.05, 0.1) is 11.9 Å². The van der Waals surface area contributed by atoms with Crippen LogP contribution in [-0.2, 0) is 6.54 Å². The average Bonchev–Trinajstić information content (AvgIpc) is 2.47. The van der Waals surface area contributed by atoms with E-state index in [-0.39, 0.29) is 5.91 Å². The molecule has 0 aliphatic carbocycles. The first-order chi connectivity index (χ1) is 6.57. The van der Waals surface area contributed by atoms with Gasteiger partial charge < -0.3 is 10.6 Å². The van der Waals surface area contributed by atoms with Gasteiger partial charge in [-0.15, -0.1) is 0 Å². The number of anilines is 1. The van der Waals surface area contributed by atoms with Crippen LogP contribution in [0.1, 0.15) is 23.8 Å². The topological polar surface area (TPSA) is 64.2 Å². The SMILES string of the molecule is CCCn1ncc(N)c1C(=O)N(C)C. The number of aromatic nitrogens is 2. The third-order valence-corrected chi connectivity index (χ3v) is 1.91. The maximum absolute atomic E-state index is 11.7. The molecule has 14 heavy (non-hydrogen) atoms. The van der Waals surface area contributed by atoms with Crippen molar-refractivity contribution in [2.24, 2.45) is 0 Å². The molecule has 5 heteroatoms. The molecule has 0 aliphatic rings. The summed E-state index contributed by atoms with van der Waals surface area (Å²) in [6, 6.07) is 0. The van der Waals surface area contributed by atoms with Gasteiger partial charge >= 0.3 is 0 Å². The molecule has 1 heterocycles. The lowest BCUT2D eigenvalue weighted by atomic mass is 10.3. The maximum Gasteiger partial charge on any atom is 0.273 e. The Balaban J connectivity index is 3.04. The van der Waals surface area contributed by atoms with Gasteiger partial charge in [-0.1, -0.05) is 6.92 Å². The third kappa shape index (κ3) is 1.86. The zero-order valence-electron chi connectivity index (χ0n) is 8.82. The van der Waals surface area contributed by atoms with Crippen molar-refractivity contribution in [3.8, 4) is 0 Å². The van der Waals surface area contributed by atoms with Crippen LogP contribution < -0.4 is 5.73 Å². The molecule has 0 spiro atoms. The van der Waals surface area contributed by atoms with E-state index in [1.165, 1.54) is 11.1 Å². The Bertz CT molecular complexity index is 330. The van der Waals surface area contributed by atoms with Gasteiger partial charge in [-0.2, -0.15) is 5.10 Å². The highest BCUT2D eigenvalue weighted by atomic mass is 16.2. The Hall–Kier alpha value is -1.52. The Morgan fingerprint density at radius 3 is 2.79 bits per heavy atom. The molecule has 0 unspecified atom stereocenters. The average molecular weight is 196 g/mol. The van der Waals surface area contributed by atoms with Crippen molar-refractivity contribution >= 4 is 11.6 Å². The number of carbonyl (C=O) groups excluding carboxylic acids is 1. The smallest absolute Gasteiger partial charge is 0.273 e. The molecule has 1 amide bonds. The minimum atomic E-state index is -0.103. The van der Waals surface area contributed by atoms with Gasteiger partial charge in [-0.05, 0) is 6.42 Å². The summed E-state index contributed by atoms with van der Waals surface area (Å²) in [7, 11) is 3.40. The molecule has 0 radical (unpaired) electrons. The normalized spacial score (nSPS) is 10.2. The van der Waals surface area contributed by atoms with E-state index in [1.807, 2.05) is 6.92 Å². The molecule has 78 valence electrons. The minimum absolute atomic E-state index is 0.103. The molecular weight excluding hydrogens is 180 g/mol. The quantitative estimate of drug-likeness (QED) is 0.769. The van der Waals surface area contributed by atoms with E-state index in [0.717, 1.165) is 6.42 Å². The Morgan fingerprint density at radius 2 is 2.29 bits per heavy atom. The second-order valence-electron chi connectivity index (χ2n) is 3.37. The van der Waals surface area contributed by atoms with E-state index in [1.54, 1.807) is 18.8 Å². The summed E-state index contributed by atoms with van der Waals surface area (Å²) in [5.74, 6) is -0.103. The van der Waals surface area contributed by atoms with E-state index < -0.39 is 0 Å². The first kappa shape index (κ1) is 10.6. The number of amides is 1. The molecule has 0 aliphatic heterocycles. The summed E-state index contributed by atoms with van der Waals surface area (Å²) in [5.41, 5.74) is 6.60. The summed E-state index contributed by atoms with van der Waals surface area (Å²) in [4.78, 5) is 13.2. The van der Waals surface area contributed by atoms with Gasteiger partial charge in [0.2, 0.25) is 0 Å². The summed E-state index contributed by atoms with van der Waals surface area (Å²) in [6.07, 6.45) is 2.45. The highest BCUT2D eigenvalue weighted by Crippen LogP contribution is 2.12. The van der Waals surface area contributed by atoms with Crippen LogP contribution in [0.2, 0.25) is 0 Å². The predicted molar refractivity (Wildman–Crippen MR) is 54.9 cm³/mol. The molecule has 5 nitrogen and oxygen atoms in total. The van der Waals surface area contributed by atoms with E-state index in [9.17, 15) is 4.79 Å². The van der Waals surface area contributed by atoms with E-state index in [0.29, 0.717) is 17.9 Å². The summed E-state index contributed by atoms with van der Waals surface area (Å²) >= 11 is 0. The molecule has 0 atom stereocenters. The van der Waals surface area contributed by atoms with E-state index >= 15 is 0 Å². The standard InChI is InChI=1S/C9H16N4O/c1-4-5-13-8(7(10)6-11-13)9(14)12(2)3/h6H,4-5,10H2,1-3H3. The number of hydrogen-bond acceptors (Lipinski definition) is 3. The molecule has 0 saturated carbocycles. The highest BCUT2D eigenvalue weighted by molar-refractivity contribution is 5.97. The highest BCUT2D eigenvalue weighted by Gasteiger charge is 2.17. The number of nitrogens with zero attached hydrogens (tertiary/aromatic N) is 3. The fourth-order valence-corrected chi connectivity index (χ4v) is 1.23. The fraction of sp³-hybridized carbons (Fsp3) is 0.556. The van der Waals surface area contributed by atoms with Crippen LogP contribution in [0.3, 0.4) is 0 Å². The Morgan fingerprint density at radius 1 is 1.64 bits per heavy atom. The van der Waals surface area contributed by atoms with Gasteiger partial charge in [0.25, 0.3) is 5.91 Å². The van der Waals surface area contributed by atoms with Crippen molar-refractivity contribution in [2.45, 2.75) is 19.9 Å². The summed E-state index contributed by atoms with van der Waals surface area (Å²) in [5, 5.41) is 4.05. The number of nitrogens with two attached hydrogens (primary N) is 1.